The molecule has 0 aliphatic heterocycles. The molecule has 1 amide bonds. The van der Waals surface area contributed by atoms with Gasteiger partial charge in [0.05, 0.1) is 19.8 Å². The molecule has 0 radical (unpaired) electrons. The third-order valence-corrected chi connectivity index (χ3v) is 5.62. The summed E-state index contributed by atoms with van der Waals surface area (Å²) in [6.07, 6.45) is 1.42. The highest BCUT2D eigenvalue weighted by Gasteiger charge is 2.25. The number of ether oxygens (including phenoxy) is 3. The Bertz CT molecular complexity index is 1470. The van der Waals surface area contributed by atoms with Gasteiger partial charge in [-0.1, -0.05) is 23.7 Å². The van der Waals surface area contributed by atoms with E-state index in [0.717, 1.165) is 0 Å². The molecule has 37 heavy (non-hydrogen) atoms. The summed E-state index contributed by atoms with van der Waals surface area (Å²) in [5.41, 5.74) is 1.93. The van der Waals surface area contributed by atoms with Crippen molar-refractivity contribution in [2.45, 2.75) is 0 Å². The molecule has 1 N–H and O–H groups in total. The number of rotatable bonds is 8. The normalized spacial score (nSPS) is 10.3. The molecule has 9 nitrogen and oxygen atoms in total. The van der Waals surface area contributed by atoms with Crippen LogP contribution in [0.3, 0.4) is 0 Å². The maximum absolute atomic E-state index is 12.6. The number of hydrogen-bond donors (Lipinski definition) is 1. The Hall–Kier alpha value is -4.81. The molecule has 0 aliphatic rings. The van der Waals surface area contributed by atoms with Gasteiger partial charge >= 0.3 is 5.97 Å². The lowest BCUT2D eigenvalue weighted by atomic mass is 9.98. The maximum atomic E-state index is 12.6. The Morgan fingerprint density at radius 3 is 2.19 bits per heavy atom. The van der Waals surface area contributed by atoms with Crippen LogP contribution in [0, 0.1) is 11.3 Å². The topological polar surface area (TPSA) is 124 Å². The zero-order valence-corrected chi connectivity index (χ0v) is 20.5. The highest BCUT2D eigenvalue weighted by atomic mass is 35.5. The Labute approximate surface area is 217 Å². The maximum Gasteiger partial charge on any atom is 0.341 e. The molecule has 0 saturated heterocycles. The van der Waals surface area contributed by atoms with Crippen LogP contribution in [0.5, 0.6) is 11.5 Å². The Balaban J connectivity index is 1.65. The number of anilines is 1. The Morgan fingerprint density at radius 2 is 1.62 bits per heavy atom. The molecule has 0 bridgehead atoms. The molecule has 186 valence electrons. The fraction of sp³-hybridized carbons (Fsp3) is 0.111. The molecule has 0 spiro atoms. The van der Waals surface area contributed by atoms with Gasteiger partial charge in [-0.2, -0.15) is 5.26 Å². The van der Waals surface area contributed by atoms with Crippen LogP contribution >= 0.6 is 11.6 Å². The summed E-state index contributed by atoms with van der Waals surface area (Å²) in [5.74, 6) is 0.0392. The van der Waals surface area contributed by atoms with E-state index in [0.29, 0.717) is 33.9 Å². The zero-order valence-electron chi connectivity index (χ0n) is 19.8. The van der Waals surface area contributed by atoms with Crippen LogP contribution in [-0.2, 0) is 9.53 Å². The molecule has 2 aromatic carbocycles. The second-order valence-electron chi connectivity index (χ2n) is 7.55. The van der Waals surface area contributed by atoms with Gasteiger partial charge in [0.25, 0.3) is 5.91 Å². The predicted molar refractivity (Wildman–Crippen MR) is 136 cm³/mol. The third-order valence-electron chi connectivity index (χ3n) is 5.32. The highest BCUT2D eigenvalue weighted by Crippen LogP contribution is 2.42. The Kier molecular flexibility index (Phi) is 7.71. The number of carbonyl (C=O) groups is 2. The summed E-state index contributed by atoms with van der Waals surface area (Å²) in [4.78, 5) is 28.7. The molecule has 0 unspecified atom stereocenters. The Morgan fingerprint density at radius 1 is 1.00 bits per heavy atom. The molecule has 0 fully saturated rings. The minimum atomic E-state index is -0.814. The monoisotopic (exact) mass is 517 g/mol. The van der Waals surface area contributed by atoms with E-state index in [1.165, 1.54) is 18.3 Å². The molecule has 0 aliphatic carbocycles. The van der Waals surface area contributed by atoms with Crippen LogP contribution in [0.4, 0.5) is 5.88 Å². The van der Waals surface area contributed by atoms with Crippen molar-refractivity contribution in [2.75, 3.05) is 26.1 Å². The number of nitriles is 1. The number of pyridine rings is 1. The van der Waals surface area contributed by atoms with E-state index in [4.69, 9.17) is 30.2 Å². The summed E-state index contributed by atoms with van der Waals surface area (Å²) < 4.78 is 21.5. The minimum absolute atomic E-state index is 0.0243. The van der Waals surface area contributed by atoms with Gasteiger partial charge in [-0.3, -0.25) is 10.1 Å². The van der Waals surface area contributed by atoms with Crippen molar-refractivity contribution in [3.05, 3.63) is 83.1 Å². The van der Waals surface area contributed by atoms with Gasteiger partial charge in [0.2, 0.25) is 5.88 Å². The standard InChI is InChI=1S/C27H20ClN3O6/c1-34-18-9-5-16(6-10-18)23-21(14-29)26(37-24(23)17-7-11-19(35-2)12-8-17)31-22(32)15-36-27(33)20-4-3-13-30-25(20)28/h3-13H,15H2,1-2H3,(H,31,32). The van der Waals surface area contributed by atoms with E-state index < -0.39 is 18.5 Å². The minimum Gasteiger partial charge on any atom is -0.497 e. The number of nitrogens with zero attached hydrogens (tertiary/aromatic N) is 2. The summed E-state index contributed by atoms with van der Waals surface area (Å²) in [7, 11) is 3.11. The summed E-state index contributed by atoms with van der Waals surface area (Å²) in [6.45, 7) is -0.634. The van der Waals surface area contributed by atoms with Crippen LogP contribution in [0.1, 0.15) is 15.9 Å². The first-order chi connectivity index (χ1) is 17.9. The van der Waals surface area contributed by atoms with Crippen LogP contribution in [0.2, 0.25) is 5.15 Å². The van der Waals surface area contributed by atoms with E-state index in [2.05, 4.69) is 16.4 Å². The first-order valence-corrected chi connectivity index (χ1v) is 11.3. The molecular formula is C27H20ClN3O6. The first-order valence-electron chi connectivity index (χ1n) is 10.9. The number of esters is 1. The van der Waals surface area contributed by atoms with Crippen molar-refractivity contribution < 1.29 is 28.2 Å². The number of methoxy groups -OCH3 is 2. The lowest BCUT2D eigenvalue weighted by Crippen LogP contribution is -2.21. The largest absolute Gasteiger partial charge is 0.497 e. The van der Waals surface area contributed by atoms with Crippen LogP contribution in [-0.4, -0.2) is 37.7 Å². The number of furan rings is 1. The van der Waals surface area contributed by atoms with Crippen molar-refractivity contribution in [3.63, 3.8) is 0 Å². The van der Waals surface area contributed by atoms with Crippen LogP contribution in [0.15, 0.2) is 71.3 Å². The van der Waals surface area contributed by atoms with Crippen molar-refractivity contribution in [1.82, 2.24) is 4.98 Å². The predicted octanol–water partition coefficient (Wildman–Crippen LogP) is 5.35. The number of benzene rings is 2. The van der Waals surface area contributed by atoms with Crippen molar-refractivity contribution in [3.8, 4) is 40.0 Å². The van der Waals surface area contributed by atoms with Crippen molar-refractivity contribution in [2.24, 2.45) is 0 Å². The van der Waals surface area contributed by atoms with Gasteiger partial charge in [-0.05, 0) is 54.1 Å². The molecule has 0 saturated carbocycles. The fourth-order valence-electron chi connectivity index (χ4n) is 3.51. The number of amides is 1. The van der Waals surface area contributed by atoms with E-state index >= 15 is 0 Å². The van der Waals surface area contributed by atoms with Gasteiger partial charge in [-0.25, -0.2) is 9.78 Å². The molecule has 4 aromatic rings. The quantitative estimate of drug-likeness (QED) is 0.245. The molecule has 2 aromatic heterocycles. The fourth-order valence-corrected chi connectivity index (χ4v) is 3.71. The van der Waals surface area contributed by atoms with E-state index in [-0.39, 0.29) is 22.2 Å². The van der Waals surface area contributed by atoms with Crippen LogP contribution in [0.25, 0.3) is 22.5 Å². The average molecular weight is 518 g/mol. The summed E-state index contributed by atoms with van der Waals surface area (Å²) in [6, 6.07) is 19.2. The molecular weight excluding hydrogens is 498 g/mol. The highest BCUT2D eigenvalue weighted by molar-refractivity contribution is 6.32. The first kappa shape index (κ1) is 25.3. The van der Waals surface area contributed by atoms with Crippen LogP contribution < -0.4 is 14.8 Å². The summed E-state index contributed by atoms with van der Waals surface area (Å²) in [5, 5.41) is 12.5. The SMILES string of the molecule is COc1ccc(-c2oc(NC(=O)COC(=O)c3cccnc3Cl)c(C#N)c2-c2ccc(OC)cc2)cc1. The molecule has 2 heterocycles. The smallest absolute Gasteiger partial charge is 0.341 e. The molecule has 0 atom stereocenters. The average Bonchev–Trinajstić information content (AvgIpc) is 3.29. The van der Waals surface area contributed by atoms with Crippen molar-refractivity contribution in [1.29, 1.82) is 5.26 Å². The number of nitrogens with one attached hydrogen (secondary N) is 1. The van der Waals surface area contributed by atoms with E-state index in [1.807, 2.05) is 0 Å². The van der Waals surface area contributed by atoms with Gasteiger partial charge in [0, 0.05) is 17.3 Å². The zero-order chi connectivity index (χ0) is 26.4. The molecule has 10 heteroatoms. The van der Waals surface area contributed by atoms with Crippen molar-refractivity contribution >= 4 is 29.4 Å². The van der Waals surface area contributed by atoms with E-state index in [9.17, 15) is 14.9 Å². The van der Waals surface area contributed by atoms with Gasteiger partial charge < -0.3 is 18.6 Å². The molecule has 4 rings (SSSR count). The second kappa shape index (κ2) is 11.3. The van der Waals surface area contributed by atoms with Gasteiger partial charge in [0.1, 0.15) is 34.0 Å². The lowest BCUT2D eigenvalue weighted by molar-refractivity contribution is -0.119. The number of halogens is 1. The third kappa shape index (κ3) is 5.55. The lowest BCUT2D eigenvalue weighted by Gasteiger charge is -2.06. The number of carbonyl (C=O) groups excluding carboxylic acids is 2. The summed E-state index contributed by atoms with van der Waals surface area (Å²) >= 11 is 5.90. The van der Waals surface area contributed by atoms with E-state index in [1.54, 1.807) is 62.8 Å². The number of hydrogen-bond acceptors (Lipinski definition) is 8. The second-order valence-corrected chi connectivity index (χ2v) is 7.90. The van der Waals surface area contributed by atoms with Gasteiger partial charge in [0.15, 0.2) is 6.61 Å². The number of aromatic nitrogens is 1. The van der Waals surface area contributed by atoms with Gasteiger partial charge in [-0.15, -0.1) is 0 Å².